The standard InChI is InChI=1S/C13H24N2O/c1-3-5-6-9-12(15-14)13(16-4-2)10-7-8-11-13/h12,15H,4,6-11,14H2,1-2H3. The largest absolute Gasteiger partial charge is 0.374 e. The maximum atomic E-state index is 5.98. The molecule has 0 aliphatic heterocycles. The molecule has 0 bridgehead atoms. The molecule has 0 saturated heterocycles. The number of rotatable bonds is 6. The number of hydrazine groups is 1. The van der Waals surface area contributed by atoms with Crippen molar-refractivity contribution in [2.24, 2.45) is 5.84 Å². The van der Waals surface area contributed by atoms with Gasteiger partial charge in [-0.2, -0.15) is 0 Å². The third-order valence-corrected chi connectivity index (χ3v) is 3.45. The molecule has 0 aromatic rings. The van der Waals surface area contributed by atoms with Crippen LogP contribution in [0.3, 0.4) is 0 Å². The van der Waals surface area contributed by atoms with E-state index in [1.165, 1.54) is 12.8 Å². The Bertz CT molecular complexity index is 248. The van der Waals surface area contributed by atoms with Crippen molar-refractivity contribution < 1.29 is 4.74 Å². The average molecular weight is 224 g/mol. The first-order valence-electron chi connectivity index (χ1n) is 6.28. The first kappa shape index (κ1) is 13.5. The average Bonchev–Trinajstić information content (AvgIpc) is 2.74. The Balaban J connectivity index is 2.60. The Morgan fingerprint density at radius 1 is 1.44 bits per heavy atom. The van der Waals surface area contributed by atoms with Crippen LogP contribution in [0, 0.1) is 11.8 Å². The van der Waals surface area contributed by atoms with Gasteiger partial charge in [0, 0.05) is 13.0 Å². The van der Waals surface area contributed by atoms with Gasteiger partial charge in [0.1, 0.15) is 0 Å². The van der Waals surface area contributed by atoms with Crippen LogP contribution >= 0.6 is 0 Å². The first-order valence-corrected chi connectivity index (χ1v) is 6.28. The predicted molar refractivity (Wildman–Crippen MR) is 66.6 cm³/mol. The van der Waals surface area contributed by atoms with Crippen molar-refractivity contribution in [2.75, 3.05) is 6.61 Å². The molecule has 1 atom stereocenters. The molecule has 16 heavy (non-hydrogen) atoms. The van der Waals surface area contributed by atoms with Crippen LogP contribution in [0.5, 0.6) is 0 Å². The van der Waals surface area contributed by atoms with Crippen LogP contribution < -0.4 is 11.3 Å². The van der Waals surface area contributed by atoms with Crippen molar-refractivity contribution >= 4 is 0 Å². The van der Waals surface area contributed by atoms with Gasteiger partial charge in [-0.1, -0.05) is 12.8 Å². The van der Waals surface area contributed by atoms with Crippen molar-refractivity contribution in [1.82, 2.24) is 5.43 Å². The molecule has 3 heteroatoms. The van der Waals surface area contributed by atoms with E-state index in [0.29, 0.717) is 0 Å². The molecule has 0 radical (unpaired) electrons. The summed E-state index contributed by atoms with van der Waals surface area (Å²) in [7, 11) is 0. The number of nitrogens with two attached hydrogens (primary N) is 1. The summed E-state index contributed by atoms with van der Waals surface area (Å²) in [6, 6.07) is 0.232. The smallest absolute Gasteiger partial charge is 0.0848 e. The zero-order valence-electron chi connectivity index (χ0n) is 10.5. The van der Waals surface area contributed by atoms with E-state index in [1.807, 2.05) is 6.92 Å². The Hall–Kier alpha value is -0.560. The molecule has 1 aliphatic carbocycles. The fourth-order valence-corrected chi connectivity index (χ4v) is 2.69. The van der Waals surface area contributed by atoms with Crippen molar-refractivity contribution in [3.8, 4) is 11.8 Å². The maximum Gasteiger partial charge on any atom is 0.0848 e. The molecule has 3 N–H and O–H groups in total. The summed E-state index contributed by atoms with van der Waals surface area (Å²) < 4.78 is 5.98. The molecule has 0 aromatic heterocycles. The van der Waals surface area contributed by atoms with E-state index in [1.54, 1.807) is 0 Å². The lowest BCUT2D eigenvalue weighted by Gasteiger charge is -2.36. The first-order chi connectivity index (χ1) is 7.79. The summed E-state index contributed by atoms with van der Waals surface area (Å²) in [5, 5.41) is 0. The summed E-state index contributed by atoms with van der Waals surface area (Å²) in [5.41, 5.74) is 2.89. The molecule has 1 aliphatic rings. The van der Waals surface area contributed by atoms with Crippen LogP contribution in [-0.4, -0.2) is 18.2 Å². The molecule has 3 nitrogen and oxygen atoms in total. The minimum Gasteiger partial charge on any atom is -0.374 e. The van der Waals surface area contributed by atoms with Crippen LogP contribution in [0.4, 0.5) is 0 Å². The molecule has 0 heterocycles. The zero-order valence-corrected chi connectivity index (χ0v) is 10.5. The van der Waals surface area contributed by atoms with Gasteiger partial charge in [0.25, 0.3) is 0 Å². The lowest BCUT2D eigenvalue weighted by Crippen LogP contribution is -2.53. The quantitative estimate of drug-likeness (QED) is 0.412. The summed E-state index contributed by atoms with van der Waals surface area (Å²) in [6.45, 7) is 4.69. The summed E-state index contributed by atoms with van der Waals surface area (Å²) in [4.78, 5) is 0. The van der Waals surface area contributed by atoms with Gasteiger partial charge < -0.3 is 4.74 Å². The van der Waals surface area contributed by atoms with E-state index in [-0.39, 0.29) is 11.6 Å². The Kier molecular flexibility index (Phi) is 5.83. The number of hydrogen-bond donors (Lipinski definition) is 2. The van der Waals surface area contributed by atoms with Crippen LogP contribution in [0.15, 0.2) is 0 Å². The zero-order chi connectivity index (χ0) is 11.9. The predicted octanol–water partition coefficient (Wildman–Crippen LogP) is 1.97. The van der Waals surface area contributed by atoms with Crippen LogP contribution in [0.1, 0.15) is 52.4 Å². The second-order valence-electron chi connectivity index (χ2n) is 4.39. The topological polar surface area (TPSA) is 47.3 Å². The molecule has 1 saturated carbocycles. The van der Waals surface area contributed by atoms with E-state index in [9.17, 15) is 0 Å². The normalized spacial score (nSPS) is 20.2. The maximum absolute atomic E-state index is 5.98. The van der Waals surface area contributed by atoms with Gasteiger partial charge in [-0.05, 0) is 33.1 Å². The van der Waals surface area contributed by atoms with E-state index in [4.69, 9.17) is 10.6 Å². The third kappa shape index (κ3) is 3.21. The Morgan fingerprint density at radius 3 is 2.62 bits per heavy atom. The van der Waals surface area contributed by atoms with E-state index in [0.717, 1.165) is 32.3 Å². The van der Waals surface area contributed by atoms with Crippen LogP contribution in [-0.2, 0) is 4.74 Å². The molecular weight excluding hydrogens is 200 g/mol. The molecule has 0 aromatic carbocycles. The van der Waals surface area contributed by atoms with Crippen molar-refractivity contribution in [3.63, 3.8) is 0 Å². The molecule has 1 unspecified atom stereocenters. The van der Waals surface area contributed by atoms with Crippen LogP contribution in [0.25, 0.3) is 0 Å². The van der Waals surface area contributed by atoms with Gasteiger partial charge in [0.05, 0.1) is 11.6 Å². The molecular formula is C13H24N2O. The van der Waals surface area contributed by atoms with Crippen LogP contribution in [0.2, 0.25) is 0 Å². The number of nitrogens with one attached hydrogen (secondary N) is 1. The lowest BCUT2D eigenvalue weighted by atomic mass is 9.89. The molecule has 0 amide bonds. The van der Waals surface area contributed by atoms with E-state index < -0.39 is 0 Å². The molecule has 92 valence electrons. The highest BCUT2D eigenvalue weighted by Crippen LogP contribution is 2.37. The van der Waals surface area contributed by atoms with E-state index >= 15 is 0 Å². The molecule has 0 spiro atoms. The number of ether oxygens (including phenoxy) is 1. The molecule has 1 fully saturated rings. The second-order valence-corrected chi connectivity index (χ2v) is 4.39. The summed E-state index contributed by atoms with van der Waals surface area (Å²) in [6.07, 6.45) is 6.59. The number of hydrogen-bond acceptors (Lipinski definition) is 3. The fourth-order valence-electron chi connectivity index (χ4n) is 2.69. The Morgan fingerprint density at radius 2 is 2.12 bits per heavy atom. The minimum absolute atomic E-state index is 0.0427. The third-order valence-electron chi connectivity index (χ3n) is 3.45. The van der Waals surface area contributed by atoms with Gasteiger partial charge in [-0.3, -0.25) is 11.3 Å². The highest BCUT2D eigenvalue weighted by molar-refractivity contribution is 5.00. The van der Waals surface area contributed by atoms with Gasteiger partial charge in [0.15, 0.2) is 0 Å². The summed E-state index contributed by atoms with van der Waals surface area (Å²) in [5.74, 6) is 11.7. The SMILES string of the molecule is CC#CCCC(NN)C1(OCC)CCCC1. The van der Waals surface area contributed by atoms with Gasteiger partial charge in [-0.15, -0.1) is 11.8 Å². The van der Waals surface area contributed by atoms with Gasteiger partial charge >= 0.3 is 0 Å². The van der Waals surface area contributed by atoms with Crippen molar-refractivity contribution in [1.29, 1.82) is 0 Å². The highest BCUT2D eigenvalue weighted by atomic mass is 16.5. The van der Waals surface area contributed by atoms with Gasteiger partial charge in [-0.25, -0.2) is 0 Å². The monoisotopic (exact) mass is 224 g/mol. The van der Waals surface area contributed by atoms with E-state index in [2.05, 4.69) is 24.2 Å². The molecule has 1 rings (SSSR count). The summed E-state index contributed by atoms with van der Waals surface area (Å²) >= 11 is 0. The van der Waals surface area contributed by atoms with Crippen molar-refractivity contribution in [3.05, 3.63) is 0 Å². The van der Waals surface area contributed by atoms with Crippen molar-refractivity contribution in [2.45, 2.75) is 64.0 Å². The second kappa shape index (κ2) is 6.90. The lowest BCUT2D eigenvalue weighted by molar-refractivity contribution is -0.0629. The Labute approximate surface area is 99.1 Å². The highest BCUT2D eigenvalue weighted by Gasteiger charge is 2.41. The van der Waals surface area contributed by atoms with Gasteiger partial charge in [0.2, 0.25) is 0 Å². The minimum atomic E-state index is -0.0427. The fraction of sp³-hybridized carbons (Fsp3) is 0.846.